The zero-order valence-corrected chi connectivity index (χ0v) is 8.89. The van der Waals surface area contributed by atoms with Gasteiger partial charge in [-0.1, -0.05) is 0 Å². The molecule has 4 heteroatoms. The maximum atomic E-state index is 11.4. The Hall–Kier alpha value is -0.870. The molecule has 0 bridgehead atoms. The molecule has 1 aromatic heterocycles. The average Bonchev–Trinajstić information content (AvgIpc) is 2.58. The van der Waals surface area contributed by atoms with Crippen LogP contribution in [0.25, 0.3) is 0 Å². The van der Waals surface area contributed by atoms with Crippen LogP contribution in [0.4, 0.5) is 0 Å². The maximum absolute atomic E-state index is 11.4. The summed E-state index contributed by atoms with van der Waals surface area (Å²) in [5.41, 5.74) is 1.13. The van der Waals surface area contributed by atoms with Crippen molar-refractivity contribution in [3.05, 3.63) is 21.9 Å². The Bertz CT molecular complexity index is 331. The summed E-state index contributed by atoms with van der Waals surface area (Å²) < 4.78 is 4.72. The molecule has 14 heavy (non-hydrogen) atoms. The highest BCUT2D eigenvalue weighted by Crippen LogP contribution is 2.22. The molecule has 2 heterocycles. The van der Waals surface area contributed by atoms with Crippen molar-refractivity contribution in [2.45, 2.75) is 6.42 Å². The van der Waals surface area contributed by atoms with E-state index < -0.39 is 0 Å². The van der Waals surface area contributed by atoms with Gasteiger partial charge in [-0.3, -0.25) is 0 Å². The van der Waals surface area contributed by atoms with Crippen LogP contribution in [0.1, 0.15) is 15.2 Å². The van der Waals surface area contributed by atoms with Crippen LogP contribution >= 0.6 is 11.3 Å². The molecule has 3 nitrogen and oxygen atoms in total. The molecule has 1 fully saturated rings. The van der Waals surface area contributed by atoms with Gasteiger partial charge in [0.1, 0.15) is 4.88 Å². The van der Waals surface area contributed by atoms with E-state index >= 15 is 0 Å². The number of hydrogen-bond donors (Lipinski definition) is 1. The quantitative estimate of drug-likeness (QED) is 0.766. The molecule has 0 aliphatic carbocycles. The SMILES string of the molecule is COC(=O)c1sccc1CC1CNC1. The third-order valence-corrected chi connectivity index (χ3v) is 3.43. The highest BCUT2D eigenvalue weighted by atomic mass is 32.1. The second-order valence-electron chi connectivity index (χ2n) is 3.49. The van der Waals surface area contributed by atoms with Crippen LogP contribution < -0.4 is 5.32 Å². The standard InChI is InChI=1S/C10H13NO2S/c1-13-10(12)9-8(2-3-14-9)4-7-5-11-6-7/h2-3,7,11H,4-6H2,1H3. The van der Waals surface area contributed by atoms with E-state index in [9.17, 15) is 4.79 Å². The zero-order valence-electron chi connectivity index (χ0n) is 8.08. The van der Waals surface area contributed by atoms with Crippen molar-refractivity contribution in [1.29, 1.82) is 0 Å². The van der Waals surface area contributed by atoms with Gasteiger partial charge in [0.2, 0.25) is 0 Å². The summed E-state index contributed by atoms with van der Waals surface area (Å²) in [6.45, 7) is 2.13. The predicted molar refractivity (Wildman–Crippen MR) is 55.7 cm³/mol. The highest BCUT2D eigenvalue weighted by Gasteiger charge is 2.21. The van der Waals surface area contributed by atoms with Crippen LogP contribution in [0.15, 0.2) is 11.4 Å². The van der Waals surface area contributed by atoms with Gasteiger partial charge < -0.3 is 10.1 Å². The van der Waals surface area contributed by atoms with Crippen molar-refractivity contribution in [2.24, 2.45) is 5.92 Å². The van der Waals surface area contributed by atoms with E-state index in [1.807, 2.05) is 11.4 Å². The van der Waals surface area contributed by atoms with Crippen LogP contribution in [0.5, 0.6) is 0 Å². The molecule has 0 amide bonds. The summed E-state index contributed by atoms with van der Waals surface area (Å²) in [4.78, 5) is 12.1. The third-order valence-electron chi connectivity index (χ3n) is 2.49. The lowest BCUT2D eigenvalue weighted by atomic mass is 9.95. The smallest absolute Gasteiger partial charge is 0.348 e. The molecule has 1 aromatic rings. The number of nitrogens with one attached hydrogen (secondary N) is 1. The van der Waals surface area contributed by atoms with E-state index in [0.29, 0.717) is 5.92 Å². The van der Waals surface area contributed by atoms with Crippen LogP contribution in [-0.4, -0.2) is 26.2 Å². The molecular formula is C10H13NO2S. The molecule has 0 atom stereocenters. The fraction of sp³-hybridized carbons (Fsp3) is 0.500. The summed E-state index contributed by atoms with van der Waals surface area (Å²) in [7, 11) is 1.43. The lowest BCUT2D eigenvalue weighted by Crippen LogP contribution is -2.43. The van der Waals surface area contributed by atoms with Gasteiger partial charge in [-0.15, -0.1) is 11.3 Å². The normalized spacial score (nSPS) is 16.4. The van der Waals surface area contributed by atoms with Crippen LogP contribution in [0, 0.1) is 5.92 Å². The first-order valence-corrected chi connectivity index (χ1v) is 5.54. The highest BCUT2D eigenvalue weighted by molar-refractivity contribution is 7.12. The van der Waals surface area contributed by atoms with Crippen LogP contribution in [-0.2, 0) is 11.2 Å². The minimum Gasteiger partial charge on any atom is -0.465 e. The number of hydrogen-bond acceptors (Lipinski definition) is 4. The van der Waals surface area contributed by atoms with Crippen molar-refractivity contribution in [3.8, 4) is 0 Å². The molecule has 1 N–H and O–H groups in total. The zero-order chi connectivity index (χ0) is 9.97. The predicted octanol–water partition coefficient (Wildman–Crippen LogP) is 1.30. The molecule has 1 saturated heterocycles. The number of methoxy groups -OCH3 is 1. The molecule has 1 aliphatic heterocycles. The van der Waals surface area contributed by atoms with Gasteiger partial charge in [0, 0.05) is 0 Å². The number of esters is 1. The Morgan fingerprint density at radius 2 is 2.50 bits per heavy atom. The van der Waals surface area contributed by atoms with Gasteiger partial charge >= 0.3 is 5.97 Å². The van der Waals surface area contributed by atoms with Crippen molar-refractivity contribution < 1.29 is 9.53 Å². The lowest BCUT2D eigenvalue weighted by molar-refractivity contribution is 0.0605. The van der Waals surface area contributed by atoms with E-state index in [0.717, 1.165) is 30.0 Å². The van der Waals surface area contributed by atoms with Gasteiger partial charge in [-0.25, -0.2) is 4.79 Å². The number of ether oxygens (including phenoxy) is 1. The van der Waals surface area contributed by atoms with Crippen molar-refractivity contribution in [2.75, 3.05) is 20.2 Å². The number of carbonyl (C=O) groups excluding carboxylic acids is 1. The minimum absolute atomic E-state index is 0.206. The van der Waals surface area contributed by atoms with Crippen molar-refractivity contribution in [3.63, 3.8) is 0 Å². The Morgan fingerprint density at radius 1 is 1.71 bits per heavy atom. The fourth-order valence-electron chi connectivity index (χ4n) is 1.57. The van der Waals surface area contributed by atoms with Gasteiger partial charge in [0.25, 0.3) is 0 Å². The van der Waals surface area contributed by atoms with Crippen LogP contribution in [0.3, 0.4) is 0 Å². The summed E-state index contributed by atoms with van der Waals surface area (Å²) in [5.74, 6) is 0.482. The number of rotatable bonds is 3. The molecule has 0 saturated carbocycles. The Kier molecular flexibility index (Phi) is 2.84. The van der Waals surface area contributed by atoms with Gasteiger partial charge in [-0.05, 0) is 42.4 Å². The summed E-state index contributed by atoms with van der Waals surface area (Å²) in [6.07, 6.45) is 0.987. The van der Waals surface area contributed by atoms with E-state index in [2.05, 4.69) is 5.32 Å². The number of carbonyl (C=O) groups is 1. The second-order valence-corrected chi connectivity index (χ2v) is 4.41. The van der Waals surface area contributed by atoms with E-state index in [4.69, 9.17) is 4.74 Å². The van der Waals surface area contributed by atoms with E-state index in [-0.39, 0.29) is 5.97 Å². The summed E-state index contributed by atoms with van der Waals surface area (Å²) in [6, 6.07) is 2.02. The van der Waals surface area contributed by atoms with E-state index in [1.54, 1.807) is 0 Å². The second kappa shape index (κ2) is 4.11. The van der Waals surface area contributed by atoms with Gasteiger partial charge in [0.15, 0.2) is 0 Å². The molecule has 0 radical (unpaired) electrons. The Balaban J connectivity index is 2.08. The topological polar surface area (TPSA) is 38.3 Å². The maximum Gasteiger partial charge on any atom is 0.348 e. The monoisotopic (exact) mass is 211 g/mol. The first-order valence-electron chi connectivity index (χ1n) is 4.66. The first-order chi connectivity index (χ1) is 6.81. The number of thiophene rings is 1. The average molecular weight is 211 g/mol. The Labute approximate surface area is 87.1 Å². The first kappa shape index (κ1) is 9.68. The van der Waals surface area contributed by atoms with Gasteiger partial charge in [0.05, 0.1) is 7.11 Å². The molecule has 1 aliphatic rings. The summed E-state index contributed by atoms with van der Waals surface area (Å²) in [5, 5.41) is 5.18. The Morgan fingerprint density at radius 3 is 3.07 bits per heavy atom. The molecular weight excluding hydrogens is 198 g/mol. The molecule has 0 aromatic carbocycles. The third kappa shape index (κ3) is 1.81. The van der Waals surface area contributed by atoms with Crippen LogP contribution in [0.2, 0.25) is 0 Å². The van der Waals surface area contributed by atoms with Gasteiger partial charge in [-0.2, -0.15) is 0 Å². The molecule has 76 valence electrons. The lowest BCUT2D eigenvalue weighted by Gasteiger charge is -2.26. The van der Waals surface area contributed by atoms with E-state index in [1.165, 1.54) is 18.4 Å². The largest absolute Gasteiger partial charge is 0.465 e. The fourth-order valence-corrected chi connectivity index (χ4v) is 2.42. The minimum atomic E-state index is -0.206. The van der Waals surface area contributed by atoms with Crippen molar-refractivity contribution >= 4 is 17.3 Å². The molecule has 2 rings (SSSR count). The molecule has 0 unspecified atom stereocenters. The van der Waals surface area contributed by atoms with Crippen molar-refractivity contribution in [1.82, 2.24) is 5.32 Å². The molecule has 0 spiro atoms. The summed E-state index contributed by atoms with van der Waals surface area (Å²) >= 11 is 1.46.